The highest BCUT2D eigenvalue weighted by Crippen LogP contribution is 2.12. The van der Waals surface area contributed by atoms with Gasteiger partial charge in [0.15, 0.2) is 0 Å². The Morgan fingerprint density at radius 1 is 1.17 bits per heavy atom. The summed E-state index contributed by atoms with van der Waals surface area (Å²) in [6.07, 6.45) is 0.875. The van der Waals surface area contributed by atoms with E-state index in [-0.39, 0.29) is 18.4 Å². The summed E-state index contributed by atoms with van der Waals surface area (Å²) >= 11 is 0. The van der Waals surface area contributed by atoms with Crippen LogP contribution in [-0.2, 0) is 16.1 Å². The van der Waals surface area contributed by atoms with Crippen LogP contribution in [0.3, 0.4) is 0 Å². The van der Waals surface area contributed by atoms with Gasteiger partial charge in [-0.25, -0.2) is 4.79 Å². The van der Waals surface area contributed by atoms with Gasteiger partial charge >= 0.3 is 12.0 Å². The summed E-state index contributed by atoms with van der Waals surface area (Å²) in [5, 5.41) is 16.6. The van der Waals surface area contributed by atoms with E-state index in [1.807, 2.05) is 32.0 Å². The van der Waals surface area contributed by atoms with E-state index in [2.05, 4.69) is 16.0 Å². The molecule has 0 radical (unpaired) electrons. The Balaban J connectivity index is 2.37. The second-order valence-electron chi connectivity index (χ2n) is 5.95. The molecular formula is C17H25N3O4. The lowest BCUT2D eigenvalue weighted by Crippen LogP contribution is -2.35. The molecule has 0 unspecified atom stereocenters. The molecular weight excluding hydrogens is 310 g/mol. The van der Waals surface area contributed by atoms with E-state index in [0.717, 1.165) is 5.56 Å². The molecule has 1 aromatic rings. The maximum atomic E-state index is 11.8. The largest absolute Gasteiger partial charge is 0.481 e. The van der Waals surface area contributed by atoms with Gasteiger partial charge in [0.1, 0.15) is 0 Å². The number of amides is 3. The fraction of sp³-hybridized carbons (Fsp3) is 0.471. The van der Waals surface area contributed by atoms with Gasteiger partial charge in [-0.1, -0.05) is 26.0 Å². The van der Waals surface area contributed by atoms with Crippen molar-refractivity contribution in [3.63, 3.8) is 0 Å². The summed E-state index contributed by atoms with van der Waals surface area (Å²) in [6, 6.07) is 6.92. The van der Waals surface area contributed by atoms with Crippen LogP contribution in [0.4, 0.5) is 10.5 Å². The molecule has 0 aliphatic heterocycles. The first kappa shape index (κ1) is 19.5. The molecule has 0 aromatic heterocycles. The van der Waals surface area contributed by atoms with Crippen molar-refractivity contribution in [2.24, 2.45) is 5.92 Å². The Kier molecular flexibility index (Phi) is 8.32. The van der Waals surface area contributed by atoms with Crippen molar-refractivity contribution in [2.75, 3.05) is 11.9 Å². The van der Waals surface area contributed by atoms with Crippen molar-refractivity contribution in [2.45, 2.75) is 39.7 Å². The second-order valence-corrected chi connectivity index (χ2v) is 5.95. The van der Waals surface area contributed by atoms with Gasteiger partial charge in [-0.15, -0.1) is 0 Å². The van der Waals surface area contributed by atoms with E-state index >= 15 is 0 Å². The number of nitrogens with one attached hydrogen (secondary N) is 3. The normalized spacial score (nSPS) is 10.3. The average molecular weight is 335 g/mol. The maximum Gasteiger partial charge on any atom is 0.315 e. The molecule has 0 spiro atoms. The van der Waals surface area contributed by atoms with Crippen LogP contribution in [0.5, 0.6) is 0 Å². The van der Waals surface area contributed by atoms with E-state index < -0.39 is 5.97 Å². The van der Waals surface area contributed by atoms with Gasteiger partial charge in [-0.3, -0.25) is 9.59 Å². The predicted molar refractivity (Wildman–Crippen MR) is 91.6 cm³/mol. The molecule has 3 amide bonds. The van der Waals surface area contributed by atoms with Crippen molar-refractivity contribution in [3.05, 3.63) is 29.8 Å². The van der Waals surface area contributed by atoms with Gasteiger partial charge in [-0.2, -0.15) is 0 Å². The molecule has 0 bridgehead atoms. The number of hydrogen-bond donors (Lipinski definition) is 4. The standard InChI is InChI=1S/C17H25N3O4/c1-12(2)9-15(21)20-14-6-3-5-13(10-14)11-19-17(24)18-8-4-7-16(22)23/h3,5-6,10,12H,4,7-9,11H2,1-2H3,(H,20,21)(H,22,23)(H2,18,19,24). The molecule has 0 heterocycles. The summed E-state index contributed by atoms with van der Waals surface area (Å²) in [5.74, 6) is -0.625. The average Bonchev–Trinajstić information content (AvgIpc) is 2.49. The first-order valence-electron chi connectivity index (χ1n) is 7.99. The van der Waals surface area contributed by atoms with Crippen molar-refractivity contribution in [1.82, 2.24) is 10.6 Å². The topological polar surface area (TPSA) is 108 Å². The zero-order valence-corrected chi connectivity index (χ0v) is 14.1. The summed E-state index contributed by atoms with van der Waals surface area (Å²) in [6.45, 7) is 4.59. The molecule has 0 aliphatic rings. The molecule has 24 heavy (non-hydrogen) atoms. The number of hydrogen-bond acceptors (Lipinski definition) is 3. The van der Waals surface area contributed by atoms with E-state index in [4.69, 9.17) is 5.11 Å². The zero-order valence-electron chi connectivity index (χ0n) is 14.1. The van der Waals surface area contributed by atoms with Crippen LogP contribution < -0.4 is 16.0 Å². The summed E-state index contributed by atoms with van der Waals surface area (Å²) in [4.78, 5) is 33.7. The number of carbonyl (C=O) groups is 3. The second kappa shape index (κ2) is 10.3. The van der Waals surface area contributed by atoms with Crippen LogP contribution in [-0.4, -0.2) is 29.6 Å². The number of carboxylic acids is 1. The third-order valence-corrected chi connectivity index (χ3v) is 3.11. The number of urea groups is 1. The van der Waals surface area contributed by atoms with E-state index in [9.17, 15) is 14.4 Å². The highest BCUT2D eigenvalue weighted by atomic mass is 16.4. The quantitative estimate of drug-likeness (QED) is 0.519. The van der Waals surface area contributed by atoms with Crippen molar-refractivity contribution >= 4 is 23.6 Å². The van der Waals surface area contributed by atoms with Crippen LogP contribution in [0, 0.1) is 5.92 Å². The van der Waals surface area contributed by atoms with Gasteiger partial charge in [0, 0.05) is 31.6 Å². The van der Waals surface area contributed by atoms with Gasteiger partial charge < -0.3 is 21.1 Å². The minimum absolute atomic E-state index is 0.0262. The SMILES string of the molecule is CC(C)CC(=O)Nc1cccc(CNC(=O)NCCCC(=O)O)c1. The van der Waals surface area contributed by atoms with Crippen molar-refractivity contribution < 1.29 is 19.5 Å². The predicted octanol–water partition coefficient (Wildman–Crippen LogP) is 2.34. The van der Waals surface area contributed by atoms with Gasteiger partial charge in [-0.05, 0) is 30.0 Å². The molecule has 0 aliphatic carbocycles. The van der Waals surface area contributed by atoms with E-state index in [0.29, 0.717) is 37.5 Å². The smallest absolute Gasteiger partial charge is 0.315 e. The lowest BCUT2D eigenvalue weighted by Gasteiger charge is -2.10. The fourth-order valence-electron chi connectivity index (χ4n) is 2.03. The third-order valence-electron chi connectivity index (χ3n) is 3.11. The van der Waals surface area contributed by atoms with Crippen LogP contribution in [0.1, 0.15) is 38.7 Å². The number of rotatable bonds is 9. The molecule has 1 aromatic carbocycles. The molecule has 4 N–H and O–H groups in total. The number of carbonyl (C=O) groups excluding carboxylic acids is 2. The molecule has 0 saturated heterocycles. The molecule has 7 heteroatoms. The summed E-state index contributed by atoms with van der Waals surface area (Å²) in [7, 11) is 0. The monoisotopic (exact) mass is 335 g/mol. The number of carboxylic acid groups (broad SMARTS) is 1. The Morgan fingerprint density at radius 2 is 1.92 bits per heavy atom. The molecule has 1 rings (SSSR count). The first-order valence-corrected chi connectivity index (χ1v) is 7.99. The Labute approximate surface area is 141 Å². The van der Waals surface area contributed by atoms with Crippen LogP contribution >= 0.6 is 0 Å². The highest BCUT2D eigenvalue weighted by molar-refractivity contribution is 5.90. The summed E-state index contributed by atoms with van der Waals surface area (Å²) < 4.78 is 0. The Hall–Kier alpha value is -2.57. The fourth-order valence-corrected chi connectivity index (χ4v) is 2.03. The number of aliphatic carboxylic acids is 1. The third kappa shape index (κ3) is 8.77. The van der Waals surface area contributed by atoms with Crippen molar-refractivity contribution in [3.8, 4) is 0 Å². The van der Waals surface area contributed by atoms with Crippen molar-refractivity contribution in [1.29, 1.82) is 0 Å². The molecule has 7 nitrogen and oxygen atoms in total. The minimum atomic E-state index is -0.881. The van der Waals surface area contributed by atoms with Crippen LogP contribution in [0.15, 0.2) is 24.3 Å². The molecule has 0 fully saturated rings. The van der Waals surface area contributed by atoms with E-state index in [1.165, 1.54) is 0 Å². The number of anilines is 1. The zero-order chi connectivity index (χ0) is 17.9. The highest BCUT2D eigenvalue weighted by Gasteiger charge is 2.06. The molecule has 0 saturated carbocycles. The lowest BCUT2D eigenvalue weighted by atomic mass is 10.1. The minimum Gasteiger partial charge on any atom is -0.481 e. The summed E-state index contributed by atoms with van der Waals surface area (Å²) in [5.41, 5.74) is 1.56. The lowest BCUT2D eigenvalue weighted by molar-refractivity contribution is -0.137. The van der Waals surface area contributed by atoms with E-state index in [1.54, 1.807) is 6.07 Å². The molecule has 132 valence electrons. The maximum absolute atomic E-state index is 11.8. The first-order chi connectivity index (χ1) is 11.4. The molecule has 0 atom stereocenters. The van der Waals surface area contributed by atoms with Crippen LogP contribution in [0.25, 0.3) is 0 Å². The van der Waals surface area contributed by atoms with Crippen LogP contribution in [0.2, 0.25) is 0 Å². The Bertz CT molecular complexity index is 573. The van der Waals surface area contributed by atoms with Gasteiger partial charge in [0.05, 0.1) is 0 Å². The Morgan fingerprint density at radius 3 is 2.58 bits per heavy atom. The van der Waals surface area contributed by atoms with Gasteiger partial charge in [0.25, 0.3) is 0 Å². The van der Waals surface area contributed by atoms with Gasteiger partial charge in [0.2, 0.25) is 5.91 Å². The number of benzene rings is 1.